The summed E-state index contributed by atoms with van der Waals surface area (Å²) in [6.07, 6.45) is 13.2. The number of ether oxygens (including phenoxy) is 3. The van der Waals surface area contributed by atoms with Gasteiger partial charge in [-0.05, 0) is 92.3 Å². The van der Waals surface area contributed by atoms with Crippen molar-refractivity contribution in [3.63, 3.8) is 0 Å². The maximum atomic E-state index is 12.1. The van der Waals surface area contributed by atoms with Crippen molar-refractivity contribution in [1.82, 2.24) is 0 Å². The van der Waals surface area contributed by atoms with Gasteiger partial charge in [0.15, 0.2) is 5.79 Å². The molecule has 0 amide bonds. The van der Waals surface area contributed by atoms with Gasteiger partial charge < -0.3 is 19.9 Å². The summed E-state index contributed by atoms with van der Waals surface area (Å²) in [5.41, 5.74) is 7.90. The second kappa shape index (κ2) is 8.30. The topological polar surface area (TPSA) is 70.8 Å². The molecule has 6 aliphatic rings. The molecule has 2 N–H and O–H groups in total. The Morgan fingerprint density at radius 1 is 1.14 bits per heavy atom. The minimum absolute atomic E-state index is 0.00674. The number of allylic oxidation sites excluding steroid dienone is 1. The van der Waals surface area contributed by atoms with E-state index in [9.17, 15) is 4.79 Å². The van der Waals surface area contributed by atoms with Crippen LogP contribution in [0.2, 0.25) is 0 Å². The van der Waals surface area contributed by atoms with Crippen molar-refractivity contribution in [3.8, 4) is 0 Å². The van der Waals surface area contributed by atoms with Gasteiger partial charge in [-0.25, -0.2) is 0 Å². The normalized spacial score (nSPS) is 53.7. The molecule has 2 aliphatic heterocycles. The maximum Gasteiger partial charge on any atom is 0.322 e. The van der Waals surface area contributed by atoms with Gasteiger partial charge in [0.2, 0.25) is 0 Å². The number of fused-ring (bicyclic) bond motifs is 7. The van der Waals surface area contributed by atoms with Crippen molar-refractivity contribution < 1.29 is 19.0 Å². The van der Waals surface area contributed by atoms with Crippen molar-refractivity contribution >= 4 is 5.97 Å². The van der Waals surface area contributed by atoms with Crippen LogP contribution in [0.5, 0.6) is 0 Å². The predicted octanol–water partition coefficient (Wildman–Crippen LogP) is 5.61. The van der Waals surface area contributed by atoms with Gasteiger partial charge in [0.05, 0.1) is 12.7 Å². The van der Waals surface area contributed by atoms with Gasteiger partial charge in [-0.15, -0.1) is 0 Å². The van der Waals surface area contributed by atoms with E-state index in [0.29, 0.717) is 29.3 Å². The molecule has 12 atom stereocenters. The molecular weight excluding hydrogens is 438 g/mol. The van der Waals surface area contributed by atoms with Crippen LogP contribution in [0.1, 0.15) is 92.4 Å². The summed E-state index contributed by atoms with van der Waals surface area (Å²) in [7, 11) is 0. The number of hydrogen-bond acceptors (Lipinski definition) is 5. The van der Waals surface area contributed by atoms with Crippen molar-refractivity contribution in [3.05, 3.63) is 11.6 Å². The van der Waals surface area contributed by atoms with E-state index in [2.05, 4.69) is 33.8 Å². The lowest BCUT2D eigenvalue weighted by Crippen LogP contribution is -2.52. The molecule has 0 radical (unpaired) electrons. The molecular formula is C30H47NO4. The van der Waals surface area contributed by atoms with Gasteiger partial charge in [-0.1, -0.05) is 39.3 Å². The Morgan fingerprint density at radius 3 is 2.66 bits per heavy atom. The summed E-state index contributed by atoms with van der Waals surface area (Å²) in [6.45, 7) is 12.4. The van der Waals surface area contributed by atoms with E-state index in [0.717, 1.165) is 50.0 Å². The minimum atomic E-state index is -0.544. The van der Waals surface area contributed by atoms with Crippen LogP contribution in [0.3, 0.4) is 0 Å². The summed E-state index contributed by atoms with van der Waals surface area (Å²) in [4.78, 5) is 12.1. The Hall–Kier alpha value is -0.910. The van der Waals surface area contributed by atoms with Crippen LogP contribution in [-0.2, 0) is 19.0 Å². The molecule has 0 unspecified atom stereocenters. The van der Waals surface area contributed by atoms with Gasteiger partial charge in [0.1, 0.15) is 12.1 Å². The van der Waals surface area contributed by atoms with Crippen LogP contribution in [0.4, 0.5) is 0 Å². The van der Waals surface area contributed by atoms with Crippen LogP contribution in [0, 0.1) is 46.3 Å². The fourth-order valence-corrected chi connectivity index (χ4v) is 10.0. The van der Waals surface area contributed by atoms with Gasteiger partial charge in [-0.2, -0.15) is 0 Å². The minimum Gasteiger partial charge on any atom is -0.461 e. The fraction of sp³-hybridized carbons (Fsp3) is 0.900. The molecule has 4 aliphatic carbocycles. The molecule has 1 spiro atoms. The number of hydrogen-bond donors (Lipinski definition) is 1. The molecule has 3 saturated carbocycles. The van der Waals surface area contributed by atoms with E-state index in [1.165, 1.54) is 32.1 Å². The second-order valence-electron chi connectivity index (χ2n) is 13.9. The smallest absolute Gasteiger partial charge is 0.322 e. The van der Waals surface area contributed by atoms with Gasteiger partial charge in [0, 0.05) is 18.8 Å². The van der Waals surface area contributed by atoms with E-state index >= 15 is 0 Å². The molecule has 35 heavy (non-hydrogen) atoms. The van der Waals surface area contributed by atoms with Crippen LogP contribution in [0.25, 0.3) is 0 Å². The third kappa shape index (κ3) is 3.54. The van der Waals surface area contributed by atoms with E-state index in [1.54, 1.807) is 12.5 Å². The first-order chi connectivity index (χ1) is 16.6. The van der Waals surface area contributed by atoms with Gasteiger partial charge in [-0.3, -0.25) is 4.79 Å². The summed E-state index contributed by atoms with van der Waals surface area (Å²) in [6, 6.07) is -0.544. The number of rotatable bonds is 2. The zero-order valence-electron chi connectivity index (χ0n) is 22.6. The highest BCUT2D eigenvalue weighted by Crippen LogP contribution is 2.70. The largest absolute Gasteiger partial charge is 0.461 e. The highest BCUT2D eigenvalue weighted by molar-refractivity contribution is 5.75. The van der Waals surface area contributed by atoms with E-state index in [1.807, 2.05) is 0 Å². The second-order valence-corrected chi connectivity index (χ2v) is 13.9. The molecule has 0 bridgehead atoms. The number of nitrogens with two attached hydrogens (primary N) is 1. The summed E-state index contributed by atoms with van der Waals surface area (Å²) in [5.74, 6) is 3.38. The Balaban J connectivity index is 1.21. The zero-order valence-corrected chi connectivity index (χ0v) is 22.6. The standard InChI is InChI=1S/C30H47NO4/c1-17-8-13-30(33-16-17)18(2)26-25(35-30)15-24-22-7-6-20-14-21(34-27(32)19(3)31)9-11-28(20,4)23(22)10-12-29(24,26)5/h6,17-19,21-26H,7-16,31H2,1-5H3/t17-,18+,19+,21+,22-,23+,24+,25+,26+,28+,29+,30-/m1/s1. The van der Waals surface area contributed by atoms with Crippen LogP contribution in [-0.4, -0.2) is 36.6 Å². The Kier molecular flexibility index (Phi) is 5.79. The maximum absolute atomic E-state index is 12.1. The lowest BCUT2D eigenvalue weighted by Gasteiger charge is -2.58. The van der Waals surface area contributed by atoms with Crippen LogP contribution >= 0.6 is 0 Å². The van der Waals surface area contributed by atoms with Crippen molar-refractivity contribution in [2.45, 2.75) is 116 Å². The monoisotopic (exact) mass is 485 g/mol. The fourth-order valence-electron chi connectivity index (χ4n) is 10.0. The molecule has 5 nitrogen and oxygen atoms in total. The molecule has 5 fully saturated rings. The van der Waals surface area contributed by atoms with Crippen LogP contribution in [0.15, 0.2) is 11.6 Å². The first kappa shape index (κ1) is 24.4. The first-order valence-corrected chi connectivity index (χ1v) is 14.5. The average Bonchev–Trinajstić information content (AvgIpc) is 3.26. The molecule has 2 saturated heterocycles. The molecule has 0 aromatic carbocycles. The van der Waals surface area contributed by atoms with Gasteiger partial charge in [0.25, 0.3) is 0 Å². The number of esters is 1. The Bertz CT molecular complexity index is 891. The SMILES string of the molecule is C[C@@H]1CC[C@@]2(OC1)O[C@H]1C[C@H]3[C@@H]4CC=C5C[C@@H](OC(=O)[C@H](C)N)CC[C@]5(C)[C@H]4CC[C@]3(C)[C@H]1[C@@H]2C. The van der Waals surface area contributed by atoms with E-state index in [4.69, 9.17) is 19.9 Å². The summed E-state index contributed by atoms with van der Waals surface area (Å²) in [5, 5.41) is 0. The van der Waals surface area contributed by atoms with Crippen LogP contribution < -0.4 is 5.73 Å². The lowest BCUT2D eigenvalue weighted by molar-refractivity contribution is -0.272. The average molecular weight is 486 g/mol. The highest BCUT2D eigenvalue weighted by Gasteiger charge is 2.68. The summed E-state index contributed by atoms with van der Waals surface area (Å²) < 4.78 is 19.2. The van der Waals surface area contributed by atoms with E-state index < -0.39 is 6.04 Å². The molecule has 5 heteroatoms. The molecule has 2 heterocycles. The zero-order chi connectivity index (χ0) is 24.8. The molecule has 0 aromatic rings. The van der Waals surface area contributed by atoms with Crippen molar-refractivity contribution in [2.24, 2.45) is 52.1 Å². The number of carbonyl (C=O) groups is 1. The highest BCUT2D eigenvalue weighted by atomic mass is 16.7. The Morgan fingerprint density at radius 2 is 1.94 bits per heavy atom. The third-order valence-electron chi connectivity index (χ3n) is 12.0. The lowest BCUT2D eigenvalue weighted by atomic mass is 9.47. The van der Waals surface area contributed by atoms with Crippen molar-refractivity contribution in [1.29, 1.82) is 0 Å². The quantitative estimate of drug-likeness (QED) is 0.406. The molecule has 196 valence electrons. The predicted molar refractivity (Wildman–Crippen MR) is 135 cm³/mol. The van der Waals surface area contributed by atoms with Gasteiger partial charge >= 0.3 is 5.97 Å². The van der Waals surface area contributed by atoms with E-state index in [-0.39, 0.29) is 23.3 Å². The number of carbonyl (C=O) groups excluding carboxylic acids is 1. The molecule has 0 aromatic heterocycles. The summed E-state index contributed by atoms with van der Waals surface area (Å²) >= 11 is 0. The third-order valence-corrected chi connectivity index (χ3v) is 12.0. The first-order valence-electron chi connectivity index (χ1n) is 14.5. The van der Waals surface area contributed by atoms with Crippen molar-refractivity contribution in [2.75, 3.05) is 6.61 Å². The Labute approximate surface area is 211 Å². The molecule has 6 rings (SSSR count).